The topological polar surface area (TPSA) is 50.8 Å². The third kappa shape index (κ3) is 3.77. The van der Waals surface area contributed by atoms with Gasteiger partial charge in [0, 0.05) is 23.9 Å². The predicted octanol–water partition coefficient (Wildman–Crippen LogP) is 3.65. The summed E-state index contributed by atoms with van der Waals surface area (Å²) in [4.78, 5) is 14.9. The van der Waals surface area contributed by atoms with Crippen molar-refractivity contribution < 1.29 is 14.3 Å². The van der Waals surface area contributed by atoms with Crippen LogP contribution in [0.1, 0.15) is 35.2 Å². The Hall–Kier alpha value is -2.53. The Labute approximate surface area is 147 Å². The van der Waals surface area contributed by atoms with Crippen molar-refractivity contribution in [3.8, 4) is 11.5 Å². The van der Waals surface area contributed by atoms with Gasteiger partial charge >= 0.3 is 0 Å². The van der Waals surface area contributed by atoms with E-state index in [1.807, 2.05) is 30.3 Å². The maximum Gasteiger partial charge on any atom is 0.255 e. The molecule has 25 heavy (non-hydrogen) atoms. The minimum atomic E-state index is -0.122. The monoisotopic (exact) mass is 338 g/mol. The second-order valence-corrected chi connectivity index (χ2v) is 6.56. The van der Waals surface area contributed by atoms with Crippen LogP contribution in [-0.4, -0.2) is 30.7 Å². The number of nitrogens with zero attached hydrogens (tertiary/aromatic N) is 1. The fraction of sp³-hybridized carbons (Fsp3) is 0.350. The van der Waals surface area contributed by atoms with Crippen molar-refractivity contribution in [3.63, 3.8) is 0 Å². The second-order valence-electron chi connectivity index (χ2n) is 6.56. The number of amides is 1. The van der Waals surface area contributed by atoms with E-state index >= 15 is 0 Å². The smallest absolute Gasteiger partial charge is 0.255 e. The summed E-state index contributed by atoms with van der Waals surface area (Å²) in [6, 6.07) is 13.3. The third-order valence-corrected chi connectivity index (χ3v) is 4.70. The number of likely N-dealkylation sites (tertiary alicyclic amines) is 1. The lowest BCUT2D eigenvalue weighted by Crippen LogP contribution is -2.29. The van der Waals surface area contributed by atoms with Gasteiger partial charge in [-0.3, -0.25) is 9.69 Å². The molecule has 1 amide bonds. The molecular formula is C20H22N2O3. The lowest BCUT2D eigenvalue weighted by molar-refractivity contribution is 0.102. The van der Waals surface area contributed by atoms with Crippen LogP contribution in [0.2, 0.25) is 0 Å². The van der Waals surface area contributed by atoms with Crippen LogP contribution in [0, 0.1) is 0 Å². The molecule has 5 heteroatoms. The number of carbonyl (C=O) groups excluding carboxylic acids is 1. The molecule has 0 radical (unpaired) electrons. The number of hydrogen-bond acceptors (Lipinski definition) is 4. The molecule has 0 aliphatic carbocycles. The molecule has 1 N–H and O–H groups in total. The van der Waals surface area contributed by atoms with Crippen LogP contribution in [0.5, 0.6) is 11.5 Å². The second kappa shape index (κ2) is 7.15. The van der Waals surface area contributed by atoms with Crippen LogP contribution in [0.15, 0.2) is 42.5 Å². The number of hydrogen-bond donors (Lipinski definition) is 1. The summed E-state index contributed by atoms with van der Waals surface area (Å²) in [5.74, 6) is 1.25. The molecule has 0 unspecified atom stereocenters. The molecule has 130 valence electrons. The van der Waals surface area contributed by atoms with E-state index in [1.165, 1.54) is 37.9 Å². The third-order valence-electron chi connectivity index (χ3n) is 4.70. The van der Waals surface area contributed by atoms with Crippen LogP contribution in [0.25, 0.3) is 0 Å². The van der Waals surface area contributed by atoms with Crippen molar-refractivity contribution >= 4 is 11.6 Å². The number of rotatable bonds is 4. The molecule has 0 atom stereocenters. The summed E-state index contributed by atoms with van der Waals surface area (Å²) < 4.78 is 10.6. The molecule has 0 spiro atoms. The van der Waals surface area contributed by atoms with Gasteiger partial charge in [0.05, 0.1) is 0 Å². The Kier molecular flexibility index (Phi) is 4.57. The minimum absolute atomic E-state index is 0.122. The molecular weight excluding hydrogens is 316 g/mol. The van der Waals surface area contributed by atoms with Gasteiger partial charge in [0.1, 0.15) is 0 Å². The zero-order valence-electron chi connectivity index (χ0n) is 14.2. The van der Waals surface area contributed by atoms with Gasteiger partial charge < -0.3 is 14.8 Å². The van der Waals surface area contributed by atoms with Gasteiger partial charge in [-0.2, -0.15) is 0 Å². The summed E-state index contributed by atoms with van der Waals surface area (Å²) >= 11 is 0. The lowest BCUT2D eigenvalue weighted by Gasteiger charge is -2.26. The molecule has 0 aromatic heterocycles. The van der Waals surface area contributed by atoms with Gasteiger partial charge in [0.25, 0.3) is 5.91 Å². The van der Waals surface area contributed by atoms with Crippen molar-refractivity contribution in [2.24, 2.45) is 0 Å². The van der Waals surface area contributed by atoms with E-state index in [4.69, 9.17) is 9.47 Å². The van der Waals surface area contributed by atoms with Gasteiger partial charge in [-0.25, -0.2) is 0 Å². The van der Waals surface area contributed by atoms with Crippen molar-refractivity contribution in [2.45, 2.75) is 25.8 Å². The maximum atomic E-state index is 12.4. The van der Waals surface area contributed by atoms with E-state index in [0.29, 0.717) is 22.7 Å². The van der Waals surface area contributed by atoms with Gasteiger partial charge in [-0.15, -0.1) is 0 Å². The molecule has 2 heterocycles. The van der Waals surface area contributed by atoms with Gasteiger partial charge in [-0.05, 0) is 55.8 Å². The average molecular weight is 338 g/mol. The van der Waals surface area contributed by atoms with Gasteiger partial charge in [0.15, 0.2) is 11.5 Å². The first-order valence-electron chi connectivity index (χ1n) is 8.80. The fourth-order valence-electron chi connectivity index (χ4n) is 3.31. The highest BCUT2D eigenvalue weighted by Gasteiger charge is 2.15. The van der Waals surface area contributed by atoms with E-state index in [9.17, 15) is 4.79 Å². The largest absolute Gasteiger partial charge is 0.454 e. The zero-order valence-corrected chi connectivity index (χ0v) is 14.2. The number of piperidine rings is 1. The molecule has 0 saturated carbocycles. The lowest BCUT2D eigenvalue weighted by atomic mass is 10.1. The summed E-state index contributed by atoms with van der Waals surface area (Å²) in [7, 11) is 0. The molecule has 2 aromatic carbocycles. The van der Waals surface area contributed by atoms with Gasteiger partial charge in [-0.1, -0.05) is 18.6 Å². The molecule has 1 fully saturated rings. The number of fused-ring (bicyclic) bond motifs is 1. The molecule has 2 aromatic rings. The first-order valence-corrected chi connectivity index (χ1v) is 8.80. The standard InChI is InChI=1S/C20H22N2O3/c23-20(21-17-8-9-18-19(12-17)25-14-24-18)16-6-4-15(5-7-16)13-22-10-2-1-3-11-22/h4-9,12H,1-3,10-11,13-14H2,(H,21,23). The average Bonchev–Trinajstić information content (AvgIpc) is 3.11. The Balaban J connectivity index is 1.38. The summed E-state index contributed by atoms with van der Waals surface area (Å²) in [6.07, 6.45) is 3.92. The van der Waals surface area contributed by atoms with Crippen molar-refractivity contribution in [1.29, 1.82) is 0 Å². The van der Waals surface area contributed by atoms with E-state index in [-0.39, 0.29) is 12.7 Å². The first-order chi connectivity index (χ1) is 12.3. The highest BCUT2D eigenvalue weighted by Crippen LogP contribution is 2.34. The molecule has 1 saturated heterocycles. The van der Waals surface area contributed by atoms with E-state index in [2.05, 4.69) is 10.2 Å². The number of nitrogens with one attached hydrogen (secondary N) is 1. The Morgan fingerprint density at radius 3 is 2.52 bits per heavy atom. The van der Waals surface area contributed by atoms with Crippen LogP contribution < -0.4 is 14.8 Å². The summed E-state index contributed by atoms with van der Waals surface area (Å²) in [5.41, 5.74) is 2.60. The predicted molar refractivity (Wildman–Crippen MR) is 96.1 cm³/mol. The summed E-state index contributed by atoms with van der Waals surface area (Å²) in [6.45, 7) is 3.54. The number of ether oxygens (including phenoxy) is 2. The molecule has 2 aliphatic heterocycles. The number of benzene rings is 2. The quantitative estimate of drug-likeness (QED) is 0.924. The van der Waals surface area contributed by atoms with Crippen LogP contribution in [0.4, 0.5) is 5.69 Å². The molecule has 5 nitrogen and oxygen atoms in total. The fourth-order valence-corrected chi connectivity index (χ4v) is 3.31. The Morgan fingerprint density at radius 2 is 1.72 bits per heavy atom. The summed E-state index contributed by atoms with van der Waals surface area (Å²) in [5, 5.41) is 2.90. The maximum absolute atomic E-state index is 12.4. The number of anilines is 1. The molecule has 4 rings (SSSR count). The normalized spacial score (nSPS) is 16.6. The number of carbonyl (C=O) groups is 1. The molecule has 0 bridgehead atoms. The first kappa shape index (κ1) is 16.0. The Morgan fingerprint density at radius 1 is 0.960 bits per heavy atom. The van der Waals surface area contributed by atoms with Crippen LogP contribution >= 0.6 is 0 Å². The van der Waals surface area contributed by atoms with Crippen molar-refractivity contribution in [1.82, 2.24) is 4.90 Å². The van der Waals surface area contributed by atoms with Crippen molar-refractivity contribution in [2.75, 3.05) is 25.2 Å². The van der Waals surface area contributed by atoms with Crippen LogP contribution in [0.3, 0.4) is 0 Å². The minimum Gasteiger partial charge on any atom is -0.454 e. The zero-order chi connectivity index (χ0) is 17.1. The highest BCUT2D eigenvalue weighted by molar-refractivity contribution is 6.04. The van der Waals surface area contributed by atoms with E-state index in [0.717, 1.165) is 6.54 Å². The van der Waals surface area contributed by atoms with E-state index < -0.39 is 0 Å². The molecule has 2 aliphatic rings. The Bertz CT molecular complexity index is 752. The van der Waals surface area contributed by atoms with Gasteiger partial charge in [0.2, 0.25) is 6.79 Å². The van der Waals surface area contributed by atoms with Crippen molar-refractivity contribution in [3.05, 3.63) is 53.6 Å². The highest BCUT2D eigenvalue weighted by atomic mass is 16.7. The van der Waals surface area contributed by atoms with E-state index in [1.54, 1.807) is 12.1 Å². The van der Waals surface area contributed by atoms with Crippen LogP contribution in [-0.2, 0) is 6.54 Å². The SMILES string of the molecule is O=C(Nc1ccc2c(c1)OCO2)c1ccc(CN2CCCCC2)cc1.